The van der Waals surface area contributed by atoms with E-state index < -0.39 is 17.4 Å². The first-order valence-electron chi connectivity index (χ1n) is 8.82. The summed E-state index contributed by atoms with van der Waals surface area (Å²) in [5, 5.41) is 12.7. The van der Waals surface area contributed by atoms with Crippen LogP contribution in [-0.4, -0.2) is 26.5 Å². The normalized spacial score (nSPS) is 10.7. The lowest BCUT2D eigenvalue weighted by atomic mass is 9.93. The zero-order valence-corrected chi connectivity index (χ0v) is 17.6. The quantitative estimate of drug-likeness (QED) is 0.579. The molecule has 0 unspecified atom stereocenters. The highest BCUT2D eigenvalue weighted by atomic mass is 35.5. The Hall–Kier alpha value is -3.16. The summed E-state index contributed by atoms with van der Waals surface area (Å²) in [6, 6.07) is 9.74. The van der Waals surface area contributed by atoms with Gasteiger partial charge in [0, 0.05) is 35.2 Å². The van der Waals surface area contributed by atoms with Crippen molar-refractivity contribution >= 4 is 40.8 Å². The van der Waals surface area contributed by atoms with Crippen LogP contribution in [0.4, 0.5) is 5.69 Å². The molecule has 0 saturated heterocycles. The molecule has 0 atom stereocenters. The van der Waals surface area contributed by atoms with Crippen molar-refractivity contribution < 1.29 is 14.7 Å². The van der Waals surface area contributed by atoms with Crippen LogP contribution in [-0.2, 0) is 18.3 Å². The second-order valence-corrected chi connectivity index (χ2v) is 7.41. The van der Waals surface area contributed by atoms with E-state index in [2.05, 4.69) is 10.3 Å². The van der Waals surface area contributed by atoms with Crippen molar-refractivity contribution in [3.63, 3.8) is 0 Å². The molecule has 9 heteroatoms. The topological polar surface area (TPSA) is 101 Å². The predicted molar refractivity (Wildman–Crippen MR) is 115 cm³/mol. The number of hydrogen-bond acceptors (Lipinski definition) is 4. The molecule has 2 heterocycles. The maximum Gasteiger partial charge on any atom is 0.309 e. The highest BCUT2D eigenvalue weighted by Gasteiger charge is 2.24. The van der Waals surface area contributed by atoms with Crippen LogP contribution >= 0.6 is 23.2 Å². The maximum atomic E-state index is 13.0. The van der Waals surface area contributed by atoms with Crippen molar-refractivity contribution in [2.24, 2.45) is 7.05 Å². The minimum atomic E-state index is -1.09. The third-order valence-electron chi connectivity index (χ3n) is 4.63. The number of carboxylic acid groups (broad SMARTS) is 1. The third-order valence-corrected chi connectivity index (χ3v) is 5.08. The maximum absolute atomic E-state index is 13.0. The van der Waals surface area contributed by atoms with Gasteiger partial charge in [0.05, 0.1) is 6.42 Å². The van der Waals surface area contributed by atoms with Gasteiger partial charge in [0.15, 0.2) is 0 Å². The molecule has 7 nitrogen and oxygen atoms in total. The van der Waals surface area contributed by atoms with Gasteiger partial charge in [-0.25, -0.2) is 4.98 Å². The Labute approximate surface area is 181 Å². The SMILES string of the molecule is Cc1c(-c2ccc(Cl)cc2)c(CC(=O)O)n(C)c(=O)c1C(=O)Nc1ccnc(Cl)c1. The van der Waals surface area contributed by atoms with Crippen LogP contribution in [0, 0.1) is 6.92 Å². The summed E-state index contributed by atoms with van der Waals surface area (Å²) in [5.74, 6) is -1.73. The number of pyridine rings is 2. The van der Waals surface area contributed by atoms with E-state index in [1.165, 1.54) is 23.9 Å². The summed E-state index contributed by atoms with van der Waals surface area (Å²) < 4.78 is 1.19. The summed E-state index contributed by atoms with van der Waals surface area (Å²) in [6.45, 7) is 1.62. The van der Waals surface area contributed by atoms with Gasteiger partial charge in [-0.15, -0.1) is 0 Å². The molecule has 0 radical (unpaired) electrons. The third kappa shape index (κ3) is 4.37. The first kappa shape index (κ1) is 21.5. The Balaban J connectivity index is 2.21. The zero-order chi connectivity index (χ0) is 22.0. The van der Waals surface area contributed by atoms with Crippen LogP contribution in [0.1, 0.15) is 21.6 Å². The van der Waals surface area contributed by atoms with Crippen LogP contribution in [0.25, 0.3) is 11.1 Å². The van der Waals surface area contributed by atoms with Crippen LogP contribution in [0.3, 0.4) is 0 Å². The fourth-order valence-corrected chi connectivity index (χ4v) is 3.55. The first-order chi connectivity index (χ1) is 14.2. The van der Waals surface area contributed by atoms with E-state index in [1.807, 2.05) is 0 Å². The van der Waals surface area contributed by atoms with Crippen molar-refractivity contribution in [2.75, 3.05) is 5.32 Å². The number of nitrogens with zero attached hydrogens (tertiary/aromatic N) is 2. The zero-order valence-electron chi connectivity index (χ0n) is 16.1. The van der Waals surface area contributed by atoms with Crippen molar-refractivity contribution in [3.8, 4) is 11.1 Å². The van der Waals surface area contributed by atoms with Gasteiger partial charge in [0.25, 0.3) is 11.5 Å². The van der Waals surface area contributed by atoms with E-state index in [0.717, 1.165) is 0 Å². The second kappa shape index (κ2) is 8.69. The number of aromatic nitrogens is 2. The molecule has 2 aromatic heterocycles. The van der Waals surface area contributed by atoms with E-state index in [0.29, 0.717) is 27.4 Å². The van der Waals surface area contributed by atoms with Crippen LogP contribution in [0.15, 0.2) is 47.4 Å². The number of hydrogen-bond donors (Lipinski definition) is 2. The van der Waals surface area contributed by atoms with Crippen molar-refractivity contribution in [1.82, 2.24) is 9.55 Å². The fourth-order valence-electron chi connectivity index (χ4n) is 3.25. The van der Waals surface area contributed by atoms with Gasteiger partial charge in [-0.05, 0) is 42.3 Å². The van der Waals surface area contributed by atoms with E-state index in [-0.39, 0.29) is 22.8 Å². The predicted octanol–water partition coefficient (Wildman–Crippen LogP) is 3.94. The second-order valence-electron chi connectivity index (χ2n) is 6.58. The average molecular weight is 446 g/mol. The number of aliphatic carboxylic acids is 1. The molecule has 154 valence electrons. The summed E-state index contributed by atoms with van der Waals surface area (Å²) in [7, 11) is 1.44. The smallest absolute Gasteiger partial charge is 0.309 e. The van der Waals surface area contributed by atoms with E-state index in [9.17, 15) is 19.5 Å². The number of amides is 1. The van der Waals surface area contributed by atoms with Gasteiger partial charge in [0.2, 0.25) is 0 Å². The Morgan fingerprint density at radius 1 is 1.17 bits per heavy atom. The highest BCUT2D eigenvalue weighted by molar-refractivity contribution is 6.30. The molecule has 1 aromatic carbocycles. The lowest BCUT2D eigenvalue weighted by Crippen LogP contribution is -2.32. The molecule has 0 spiro atoms. The average Bonchev–Trinajstić information content (AvgIpc) is 2.67. The number of halogens is 2. The van der Waals surface area contributed by atoms with Crippen molar-refractivity contribution in [1.29, 1.82) is 0 Å². The fraction of sp³-hybridized carbons (Fsp3) is 0.143. The first-order valence-corrected chi connectivity index (χ1v) is 9.57. The van der Waals surface area contributed by atoms with Crippen molar-refractivity contribution in [2.45, 2.75) is 13.3 Å². The molecule has 0 aliphatic carbocycles. The highest BCUT2D eigenvalue weighted by Crippen LogP contribution is 2.30. The Kier molecular flexibility index (Phi) is 6.24. The van der Waals surface area contributed by atoms with E-state index in [4.69, 9.17) is 23.2 Å². The lowest BCUT2D eigenvalue weighted by molar-refractivity contribution is -0.136. The molecule has 0 aliphatic rings. The molecular weight excluding hydrogens is 429 g/mol. The number of anilines is 1. The summed E-state index contributed by atoms with van der Waals surface area (Å²) in [6.07, 6.45) is 1.05. The van der Waals surface area contributed by atoms with Gasteiger partial charge in [-0.2, -0.15) is 0 Å². The molecule has 3 rings (SSSR count). The lowest BCUT2D eigenvalue weighted by Gasteiger charge is -2.19. The molecule has 1 amide bonds. The van der Waals surface area contributed by atoms with Gasteiger partial charge >= 0.3 is 5.97 Å². The number of carbonyl (C=O) groups is 2. The minimum absolute atomic E-state index is 0.0930. The van der Waals surface area contributed by atoms with Crippen molar-refractivity contribution in [3.05, 3.63) is 79.9 Å². The molecule has 0 bridgehead atoms. The summed E-state index contributed by atoms with van der Waals surface area (Å²) >= 11 is 11.8. The molecule has 0 aliphatic heterocycles. The number of carbonyl (C=O) groups excluding carboxylic acids is 1. The Morgan fingerprint density at radius 2 is 1.83 bits per heavy atom. The molecule has 0 saturated carbocycles. The van der Waals surface area contributed by atoms with E-state index in [1.54, 1.807) is 37.3 Å². The van der Waals surface area contributed by atoms with Gasteiger partial charge in [-0.3, -0.25) is 14.4 Å². The Morgan fingerprint density at radius 3 is 2.43 bits per heavy atom. The minimum Gasteiger partial charge on any atom is -0.481 e. The van der Waals surface area contributed by atoms with Gasteiger partial charge < -0.3 is 15.0 Å². The Bertz CT molecular complexity index is 1200. The summed E-state index contributed by atoms with van der Waals surface area (Å²) in [5.41, 5.74) is 1.48. The number of rotatable bonds is 5. The largest absolute Gasteiger partial charge is 0.481 e. The van der Waals surface area contributed by atoms with Crippen LogP contribution in [0.2, 0.25) is 10.2 Å². The molecule has 2 N–H and O–H groups in total. The number of benzene rings is 1. The van der Waals surface area contributed by atoms with E-state index >= 15 is 0 Å². The molecular formula is C21H17Cl2N3O4. The van der Waals surface area contributed by atoms with Crippen LogP contribution < -0.4 is 10.9 Å². The number of carboxylic acids is 1. The van der Waals surface area contributed by atoms with Gasteiger partial charge in [0.1, 0.15) is 10.7 Å². The molecule has 0 fully saturated rings. The number of nitrogens with one attached hydrogen (secondary N) is 1. The molecule has 3 aromatic rings. The van der Waals surface area contributed by atoms with Crippen LogP contribution in [0.5, 0.6) is 0 Å². The summed E-state index contributed by atoms with van der Waals surface area (Å²) in [4.78, 5) is 41.2. The standard InChI is InChI=1S/C21H17Cl2N3O4/c1-11-18(12-3-5-13(22)6-4-12)15(10-17(27)28)26(2)21(30)19(11)20(29)25-14-7-8-24-16(23)9-14/h3-9H,10H2,1-2H3,(H,27,28)(H,24,25,29). The monoisotopic (exact) mass is 445 g/mol. The molecule has 30 heavy (non-hydrogen) atoms. The van der Waals surface area contributed by atoms with Gasteiger partial charge in [-0.1, -0.05) is 35.3 Å².